The summed E-state index contributed by atoms with van der Waals surface area (Å²) in [4.78, 5) is 0. The number of rotatable bonds is 3. The third kappa shape index (κ3) is 3.29. The fourth-order valence-corrected chi connectivity index (χ4v) is 2.79. The molecule has 3 nitrogen and oxygen atoms in total. The molecule has 2 rings (SSSR count). The molecule has 0 bridgehead atoms. The smallest absolute Gasteiger partial charge is 0.388 e. The molecule has 1 aliphatic carbocycles. The molecular formula is C13H19F3N2O. The first kappa shape index (κ1) is 14.4. The van der Waals surface area contributed by atoms with Crippen LogP contribution in [0.1, 0.15) is 44.3 Å². The summed E-state index contributed by atoms with van der Waals surface area (Å²) in [5.41, 5.74) is 0.620. The predicted molar refractivity (Wildman–Crippen MR) is 64.4 cm³/mol. The van der Waals surface area contributed by atoms with E-state index in [0.29, 0.717) is 24.9 Å². The van der Waals surface area contributed by atoms with Crippen LogP contribution in [0.4, 0.5) is 13.2 Å². The Labute approximate surface area is 110 Å². The number of aromatic nitrogens is 2. The molecule has 1 heterocycles. The van der Waals surface area contributed by atoms with Crippen molar-refractivity contribution in [3.63, 3.8) is 0 Å². The Bertz CT molecular complexity index is 416. The summed E-state index contributed by atoms with van der Waals surface area (Å²) < 4.78 is 39.9. The van der Waals surface area contributed by atoms with Gasteiger partial charge in [0, 0.05) is 18.3 Å². The maximum Gasteiger partial charge on any atom is 0.391 e. The molecule has 0 spiro atoms. The Balaban J connectivity index is 2.04. The monoisotopic (exact) mass is 276 g/mol. The molecule has 3 atom stereocenters. The molecule has 1 aromatic heterocycles. The van der Waals surface area contributed by atoms with Crippen LogP contribution in [-0.4, -0.2) is 21.1 Å². The molecule has 1 aliphatic rings. The first-order valence-corrected chi connectivity index (χ1v) is 6.69. The number of nitrogens with zero attached hydrogens (tertiary/aromatic N) is 2. The molecule has 6 heteroatoms. The summed E-state index contributed by atoms with van der Waals surface area (Å²) in [6.07, 6.45) is -0.369. The Hall–Kier alpha value is -1.04. The highest BCUT2D eigenvalue weighted by Gasteiger charge is 2.43. The Morgan fingerprint density at radius 2 is 2.21 bits per heavy atom. The van der Waals surface area contributed by atoms with Gasteiger partial charge in [0.2, 0.25) is 0 Å². The van der Waals surface area contributed by atoms with Crippen LogP contribution in [0, 0.1) is 11.8 Å². The normalized spacial score (nSPS) is 26.4. The second kappa shape index (κ2) is 5.53. The van der Waals surface area contributed by atoms with Crippen LogP contribution in [-0.2, 0) is 6.54 Å². The second-order valence-corrected chi connectivity index (χ2v) is 5.24. The maximum absolute atomic E-state index is 12.7. The van der Waals surface area contributed by atoms with Crippen molar-refractivity contribution in [2.45, 2.75) is 51.4 Å². The highest BCUT2D eigenvalue weighted by atomic mass is 19.4. The van der Waals surface area contributed by atoms with Gasteiger partial charge in [-0.25, -0.2) is 0 Å². The molecular weight excluding hydrogens is 257 g/mol. The number of alkyl halides is 3. The van der Waals surface area contributed by atoms with Gasteiger partial charge < -0.3 is 5.11 Å². The third-order valence-corrected chi connectivity index (χ3v) is 3.94. The topological polar surface area (TPSA) is 38.0 Å². The molecule has 1 aromatic rings. The Morgan fingerprint density at radius 3 is 2.79 bits per heavy atom. The predicted octanol–water partition coefficient (Wildman–Crippen LogP) is 3.31. The van der Waals surface area contributed by atoms with Crippen LogP contribution < -0.4 is 0 Å². The zero-order valence-electron chi connectivity index (χ0n) is 10.9. The number of aliphatic hydroxyl groups is 1. The highest BCUT2D eigenvalue weighted by molar-refractivity contribution is 5.09. The number of halogens is 3. The van der Waals surface area contributed by atoms with E-state index in [2.05, 4.69) is 5.10 Å². The quantitative estimate of drug-likeness (QED) is 0.919. The van der Waals surface area contributed by atoms with E-state index in [-0.39, 0.29) is 18.8 Å². The summed E-state index contributed by atoms with van der Waals surface area (Å²) in [6.45, 7) is 2.60. The standard InChI is InChI=1S/C13H19F3N2O/c1-2-18-8-10(7-17-18)12(19)9-4-3-5-11(6-9)13(14,15)16/h7-9,11-12,19H,2-6H2,1H3. The lowest BCUT2D eigenvalue weighted by molar-refractivity contribution is -0.189. The van der Waals surface area contributed by atoms with Gasteiger partial charge in [-0.1, -0.05) is 6.42 Å². The van der Waals surface area contributed by atoms with Crippen molar-refractivity contribution in [1.82, 2.24) is 9.78 Å². The number of hydrogen-bond donors (Lipinski definition) is 1. The van der Waals surface area contributed by atoms with Gasteiger partial charge in [-0.05, 0) is 32.1 Å². The summed E-state index contributed by atoms with van der Waals surface area (Å²) in [5.74, 6) is -1.60. The van der Waals surface area contributed by atoms with Crippen molar-refractivity contribution >= 4 is 0 Å². The average Bonchev–Trinajstić information content (AvgIpc) is 2.86. The first-order chi connectivity index (χ1) is 8.91. The van der Waals surface area contributed by atoms with E-state index in [4.69, 9.17) is 0 Å². The fourth-order valence-electron chi connectivity index (χ4n) is 2.79. The maximum atomic E-state index is 12.7. The molecule has 0 saturated heterocycles. The van der Waals surface area contributed by atoms with Crippen LogP contribution >= 0.6 is 0 Å². The SMILES string of the molecule is CCn1cc(C(O)C2CCCC(C(F)(F)F)C2)cn1. The van der Waals surface area contributed by atoms with Gasteiger partial charge >= 0.3 is 6.18 Å². The van der Waals surface area contributed by atoms with Gasteiger partial charge in [0.25, 0.3) is 0 Å². The minimum atomic E-state index is -4.15. The number of hydrogen-bond acceptors (Lipinski definition) is 2. The van der Waals surface area contributed by atoms with Gasteiger partial charge in [-0.2, -0.15) is 18.3 Å². The van der Waals surface area contributed by atoms with Gasteiger partial charge in [0.15, 0.2) is 0 Å². The molecule has 108 valence electrons. The van der Waals surface area contributed by atoms with E-state index < -0.39 is 18.2 Å². The summed E-state index contributed by atoms with van der Waals surface area (Å²) in [7, 11) is 0. The van der Waals surface area contributed by atoms with Crippen molar-refractivity contribution < 1.29 is 18.3 Å². The van der Waals surface area contributed by atoms with Crippen molar-refractivity contribution in [1.29, 1.82) is 0 Å². The average molecular weight is 276 g/mol. The molecule has 3 unspecified atom stereocenters. The Kier molecular flexibility index (Phi) is 4.18. The molecule has 1 N–H and O–H groups in total. The largest absolute Gasteiger partial charge is 0.391 e. The van der Waals surface area contributed by atoms with Gasteiger partial charge in [0.05, 0.1) is 18.2 Å². The third-order valence-electron chi connectivity index (χ3n) is 3.94. The lowest BCUT2D eigenvalue weighted by Crippen LogP contribution is -2.31. The van der Waals surface area contributed by atoms with E-state index >= 15 is 0 Å². The fraction of sp³-hybridized carbons (Fsp3) is 0.769. The minimum absolute atomic E-state index is 0.0158. The second-order valence-electron chi connectivity index (χ2n) is 5.24. The van der Waals surface area contributed by atoms with E-state index in [1.807, 2.05) is 6.92 Å². The zero-order valence-corrected chi connectivity index (χ0v) is 10.9. The number of aryl methyl sites for hydroxylation is 1. The lowest BCUT2D eigenvalue weighted by atomic mass is 9.77. The van der Waals surface area contributed by atoms with Crippen molar-refractivity contribution in [3.05, 3.63) is 18.0 Å². The molecule has 0 radical (unpaired) electrons. The Morgan fingerprint density at radius 1 is 1.47 bits per heavy atom. The van der Waals surface area contributed by atoms with Gasteiger partial charge in [-0.3, -0.25) is 4.68 Å². The van der Waals surface area contributed by atoms with Gasteiger partial charge in [-0.15, -0.1) is 0 Å². The van der Waals surface area contributed by atoms with Crippen LogP contribution in [0.2, 0.25) is 0 Å². The van der Waals surface area contributed by atoms with Crippen molar-refractivity contribution in [2.24, 2.45) is 11.8 Å². The molecule has 0 aliphatic heterocycles. The summed E-state index contributed by atoms with van der Waals surface area (Å²) >= 11 is 0. The molecule has 0 aromatic carbocycles. The van der Waals surface area contributed by atoms with Crippen LogP contribution in [0.5, 0.6) is 0 Å². The van der Waals surface area contributed by atoms with Gasteiger partial charge in [0.1, 0.15) is 0 Å². The first-order valence-electron chi connectivity index (χ1n) is 6.69. The van der Waals surface area contributed by atoms with Crippen molar-refractivity contribution in [3.8, 4) is 0 Å². The van der Waals surface area contributed by atoms with Crippen LogP contribution in [0.3, 0.4) is 0 Å². The molecule has 19 heavy (non-hydrogen) atoms. The molecule has 1 saturated carbocycles. The van der Waals surface area contributed by atoms with E-state index in [1.165, 1.54) is 0 Å². The van der Waals surface area contributed by atoms with E-state index in [9.17, 15) is 18.3 Å². The lowest BCUT2D eigenvalue weighted by Gasteiger charge is -2.32. The summed E-state index contributed by atoms with van der Waals surface area (Å²) in [6, 6.07) is 0. The zero-order chi connectivity index (χ0) is 14.0. The van der Waals surface area contributed by atoms with Crippen LogP contribution in [0.25, 0.3) is 0 Å². The number of aliphatic hydroxyl groups excluding tert-OH is 1. The summed E-state index contributed by atoms with van der Waals surface area (Å²) in [5, 5.41) is 14.3. The van der Waals surface area contributed by atoms with Crippen LogP contribution in [0.15, 0.2) is 12.4 Å². The minimum Gasteiger partial charge on any atom is -0.388 e. The highest BCUT2D eigenvalue weighted by Crippen LogP contribution is 2.43. The van der Waals surface area contributed by atoms with E-state index in [0.717, 1.165) is 0 Å². The molecule has 1 fully saturated rings. The van der Waals surface area contributed by atoms with Crippen molar-refractivity contribution in [2.75, 3.05) is 0 Å². The van der Waals surface area contributed by atoms with E-state index in [1.54, 1.807) is 17.1 Å². The molecule has 0 amide bonds.